The van der Waals surface area contributed by atoms with E-state index in [2.05, 4.69) is 39.2 Å². The smallest absolute Gasteiger partial charge is 0.174 e. The molecule has 126 valence electrons. The van der Waals surface area contributed by atoms with Gasteiger partial charge in [0.05, 0.1) is 12.2 Å². The second-order valence-electron chi connectivity index (χ2n) is 5.83. The molecule has 1 N–H and O–H groups in total. The molecule has 0 fully saturated rings. The molecule has 0 bridgehead atoms. The van der Waals surface area contributed by atoms with Crippen LogP contribution in [0.5, 0.6) is 0 Å². The maximum atomic E-state index is 5.66. The molecule has 4 nitrogen and oxygen atoms in total. The minimum Gasteiger partial charge on any atom is -0.339 e. The van der Waals surface area contributed by atoms with Crippen molar-refractivity contribution in [2.45, 2.75) is 20.0 Å². The van der Waals surface area contributed by atoms with Crippen molar-refractivity contribution in [3.63, 3.8) is 0 Å². The van der Waals surface area contributed by atoms with E-state index in [9.17, 15) is 0 Å². The summed E-state index contributed by atoms with van der Waals surface area (Å²) in [5.41, 5.74) is 4.27. The lowest BCUT2D eigenvalue weighted by Gasteiger charge is -2.25. The fraction of sp³-hybridized carbons (Fsp3) is 0.150. The zero-order valence-electron chi connectivity index (χ0n) is 14.1. The van der Waals surface area contributed by atoms with Crippen LogP contribution in [0.25, 0.3) is 0 Å². The van der Waals surface area contributed by atoms with Crippen molar-refractivity contribution in [2.24, 2.45) is 0 Å². The molecule has 1 aromatic carbocycles. The van der Waals surface area contributed by atoms with Crippen molar-refractivity contribution in [1.82, 2.24) is 14.9 Å². The summed E-state index contributed by atoms with van der Waals surface area (Å²) in [6.45, 7) is 3.37. The number of nitrogens with zero attached hydrogens (tertiary/aromatic N) is 3. The summed E-state index contributed by atoms with van der Waals surface area (Å²) in [6.07, 6.45) is 5.43. The lowest BCUT2D eigenvalue weighted by Crippen LogP contribution is -2.34. The Bertz CT molecular complexity index is 763. The van der Waals surface area contributed by atoms with E-state index >= 15 is 0 Å². The first kappa shape index (κ1) is 17.0. The van der Waals surface area contributed by atoms with Gasteiger partial charge in [-0.3, -0.25) is 9.97 Å². The number of nitrogens with one attached hydrogen (secondary N) is 1. The van der Waals surface area contributed by atoms with Gasteiger partial charge in [0, 0.05) is 30.8 Å². The van der Waals surface area contributed by atoms with E-state index in [4.69, 9.17) is 12.2 Å². The van der Waals surface area contributed by atoms with Gasteiger partial charge in [0.25, 0.3) is 0 Å². The summed E-state index contributed by atoms with van der Waals surface area (Å²) in [7, 11) is 0. The Hall–Kier alpha value is -2.79. The molecule has 0 aliphatic rings. The quantitative estimate of drug-likeness (QED) is 0.700. The van der Waals surface area contributed by atoms with E-state index in [1.165, 1.54) is 5.56 Å². The Morgan fingerprint density at radius 3 is 2.52 bits per heavy atom. The van der Waals surface area contributed by atoms with Gasteiger partial charge in [0.2, 0.25) is 0 Å². The molecule has 3 rings (SSSR count). The molecule has 0 radical (unpaired) electrons. The lowest BCUT2D eigenvalue weighted by molar-refractivity contribution is 0.407. The van der Waals surface area contributed by atoms with Gasteiger partial charge in [0.15, 0.2) is 5.11 Å². The fourth-order valence-corrected chi connectivity index (χ4v) is 2.69. The molecule has 0 amide bonds. The number of anilines is 1. The van der Waals surface area contributed by atoms with Gasteiger partial charge < -0.3 is 10.2 Å². The van der Waals surface area contributed by atoms with Crippen molar-refractivity contribution in [1.29, 1.82) is 0 Å². The monoisotopic (exact) mass is 348 g/mol. The van der Waals surface area contributed by atoms with Gasteiger partial charge in [-0.1, -0.05) is 29.8 Å². The minimum atomic E-state index is 0.632. The highest BCUT2D eigenvalue weighted by Gasteiger charge is 2.12. The molecule has 0 saturated carbocycles. The number of benzene rings is 1. The van der Waals surface area contributed by atoms with Gasteiger partial charge in [-0.05, 0) is 55.0 Å². The van der Waals surface area contributed by atoms with Crippen LogP contribution in [-0.4, -0.2) is 20.0 Å². The number of aryl methyl sites for hydroxylation is 1. The van der Waals surface area contributed by atoms with Crippen molar-refractivity contribution < 1.29 is 0 Å². The van der Waals surface area contributed by atoms with Gasteiger partial charge in [-0.15, -0.1) is 0 Å². The summed E-state index contributed by atoms with van der Waals surface area (Å²) in [6, 6.07) is 18.1. The molecule has 0 aliphatic carbocycles. The molecule has 0 unspecified atom stereocenters. The van der Waals surface area contributed by atoms with Gasteiger partial charge >= 0.3 is 0 Å². The van der Waals surface area contributed by atoms with Crippen molar-refractivity contribution in [2.75, 3.05) is 5.32 Å². The first-order valence-electron chi connectivity index (χ1n) is 8.12. The highest BCUT2D eigenvalue weighted by atomic mass is 32.1. The molecule has 5 heteroatoms. The number of hydrogen-bond donors (Lipinski definition) is 1. The third-order valence-electron chi connectivity index (χ3n) is 3.77. The van der Waals surface area contributed by atoms with Crippen LogP contribution in [0.2, 0.25) is 0 Å². The summed E-state index contributed by atoms with van der Waals surface area (Å²) >= 11 is 5.66. The number of aromatic nitrogens is 2. The van der Waals surface area contributed by atoms with Crippen LogP contribution in [0.4, 0.5) is 5.69 Å². The van der Waals surface area contributed by atoms with Crippen molar-refractivity contribution in [3.05, 3.63) is 90.0 Å². The number of thiocarbonyl (C=S) groups is 1. The van der Waals surface area contributed by atoms with Crippen LogP contribution in [0.3, 0.4) is 0 Å². The zero-order chi connectivity index (χ0) is 17.5. The first-order valence-corrected chi connectivity index (χ1v) is 8.53. The average Bonchev–Trinajstić information content (AvgIpc) is 2.65. The summed E-state index contributed by atoms with van der Waals surface area (Å²) < 4.78 is 0. The second kappa shape index (κ2) is 8.35. The van der Waals surface area contributed by atoms with Crippen LogP contribution >= 0.6 is 12.2 Å². The predicted molar refractivity (Wildman–Crippen MR) is 105 cm³/mol. The number of pyridine rings is 2. The Kier molecular flexibility index (Phi) is 5.69. The highest BCUT2D eigenvalue weighted by molar-refractivity contribution is 7.80. The van der Waals surface area contributed by atoms with Gasteiger partial charge in [-0.2, -0.15) is 0 Å². The van der Waals surface area contributed by atoms with Crippen LogP contribution in [0.1, 0.15) is 16.8 Å². The van der Waals surface area contributed by atoms with Crippen molar-refractivity contribution >= 4 is 23.0 Å². The average molecular weight is 348 g/mol. The molecule has 0 spiro atoms. The minimum absolute atomic E-state index is 0.632. The van der Waals surface area contributed by atoms with Crippen LogP contribution in [0.15, 0.2) is 73.2 Å². The zero-order valence-corrected chi connectivity index (χ0v) is 14.9. The SMILES string of the molecule is Cc1ccc(NC(=S)N(Cc2cccnc2)Cc2ccccn2)cc1. The Labute approximate surface area is 153 Å². The summed E-state index contributed by atoms with van der Waals surface area (Å²) in [4.78, 5) is 10.7. The molecule has 0 aliphatic heterocycles. The van der Waals surface area contributed by atoms with Crippen molar-refractivity contribution in [3.8, 4) is 0 Å². The fourth-order valence-electron chi connectivity index (χ4n) is 2.44. The van der Waals surface area contributed by atoms with Crippen LogP contribution in [-0.2, 0) is 13.1 Å². The van der Waals surface area contributed by atoms with Crippen LogP contribution < -0.4 is 5.32 Å². The maximum Gasteiger partial charge on any atom is 0.174 e. The maximum absolute atomic E-state index is 5.66. The molecule has 25 heavy (non-hydrogen) atoms. The van der Waals surface area contributed by atoms with E-state index in [1.807, 2.05) is 48.7 Å². The van der Waals surface area contributed by atoms with E-state index in [0.717, 1.165) is 16.9 Å². The normalized spacial score (nSPS) is 10.3. The summed E-state index contributed by atoms with van der Waals surface area (Å²) in [5.74, 6) is 0. The third-order valence-corrected chi connectivity index (χ3v) is 4.13. The standard InChI is InChI=1S/C20H20N4S/c1-16-7-9-18(10-8-16)23-20(25)24(14-17-5-4-11-21-13-17)15-19-6-2-3-12-22-19/h2-13H,14-15H2,1H3,(H,23,25). The van der Waals surface area contributed by atoms with E-state index < -0.39 is 0 Å². The van der Waals surface area contributed by atoms with E-state index in [1.54, 1.807) is 12.4 Å². The summed E-state index contributed by atoms with van der Waals surface area (Å²) in [5, 5.41) is 3.98. The molecule has 3 aromatic rings. The number of hydrogen-bond acceptors (Lipinski definition) is 3. The first-order chi connectivity index (χ1) is 12.2. The Balaban J connectivity index is 1.76. The third kappa shape index (κ3) is 5.09. The Morgan fingerprint density at radius 1 is 1.00 bits per heavy atom. The molecular formula is C20H20N4S. The highest BCUT2D eigenvalue weighted by Crippen LogP contribution is 2.13. The Morgan fingerprint density at radius 2 is 1.84 bits per heavy atom. The topological polar surface area (TPSA) is 41.0 Å². The van der Waals surface area contributed by atoms with E-state index in [0.29, 0.717) is 18.2 Å². The van der Waals surface area contributed by atoms with Gasteiger partial charge in [0.1, 0.15) is 0 Å². The predicted octanol–water partition coefficient (Wildman–Crippen LogP) is 4.18. The number of rotatable bonds is 5. The van der Waals surface area contributed by atoms with Crippen LogP contribution in [0, 0.1) is 6.92 Å². The molecule has 2 aromatic heterocycles. The largest absolute Gasteiger partial charge is 0.339 e. The lowest BCUT2D eigenvalue weighted by atomic mass is 10.2. The molecular weight excluding hydrogens is 328 g/mol. The molecule has 0 atom stereocenters. The van der Waals surface area contributed by atoms with E-state index in [-0.39, 0.29) is 0 Å². The van der Waals surface area contributed by atoms with Gasteiger partial charge in [-0.25, -0.2) is 0 Å². The molecule has 2 heterocycles. The molecule has 0 saturated heterocycles. The second-order valence-corrected chi connectivity index (χ2v) is 6.22.